The van der Waals surface area contributed by atoms with E-state index in [4.69, 9.17) is 0 Å². The Morgan fingerprint density at radius 2 is 1.85 bits per heavy atom. The van der Waals surface area contributed by atoms with Gasteiger partial charge in [0.2, 0.25) is 5.91 Å². The zero-order valence-electron chi connectivity index (χ0n) is 15.6. The quantitative estimate of drug-likeness (QED) is 0.685. The number of benzene rings is 2. The van der Waals surface area contributed by atoms with Gasteiger partial charge in [-0.2, -0.15) is 13.2 Å². The first kappa shape index (κ1) is 19.5. The summed E-state index contributed by atoms with van der Waals surface area (Å²) in [6.45, 7) is 3.75. The van der Waals surface area contributed by atoms with Crippen molar-refractivity contribution in [1.82, 2.24) is 4.90 Å². The molecular formula is C22H24F3NO. The molecule has 2 nitrogen and oxygen atoms in total. The molecule has 27 heavy (non-hydrogen) atoms. The van der Waals surface area contributed by atoms with Gasteiger partial charge in [0.25, 0.3) is 0 Å². The number of hydrogen-bond acceptors (Lipinski definition) is 1. The standard InChI is InChI=1S/C22H24F3NO/c1-3-21(27)26(15(2)16-8-5-4-6-9-16)18-13-12-17-10-7-11-20(19(17)14-18)22(23,24)25/h4-11,15,18H,3,12-14H2,1-2H3. The van der Waals surface area contributed by atoms with Gasteiger partial charge in [-0.25, -0.2) is 0 Å². The first-order chi connectivity index (χ1) is 12.8. The van der Waals surface area contributed by atoms with Gasteiger partial charge in [0.05, 0.1) is 11.6 Å². The zero-order chi connectivity index (χ0) is 19.6. The lowest BCUT2D eigenvalue weighted by molar-refractivity contribution is -0.138. The average Bonchev–Trinajstić information content (AvgIpc) is 2.67. The molecular weight excluding hydrogens is 351 g/mol. The number of alkyl halides is 3. The largest absolute Gasteiger partial charge is 0.416 e. The molecule has 0 aromatic heterocycles. The fraction of sp³-hybridized carbons (Fsp3) is 0.409. The second kappa shape index (κ2) is 7.75. The van der Waals surface area contributed by atoms with Gasteiger partial charge in [-0.3, -0.25) is 4.79 Å². The molecule has 5 heteroatoms. The minimum atomic E-state index is -4.38. The van der Waals surface area contributed by atoms with Gasteiger partial charge >= 0.3 is 6.18 Å². The highest BCUT2D eigenvalue weighted by Crippen LogP contribution is 2.38. The van der Waals surface area contributed by atoms with Crippen molar-refractivity contribution in [2.45, 2.75) is 57.8 Å². The number of amides is 1. The highest BCUT2D eigenvalue weighted by atomic mass is 19.4. The molecule has 2 unspecified atom stereocenters. The average molecular weight is 375 g/mol. The molecule has 2 aromatic carbocycles. The summed E-state index contributed by atoms with van der Waals surface area (Å²) in [5.74, 6) is -0.0238. The van der Waals surface area contributed by atoms with Crippen LogP contribution >= 0.6 is 0 Å². The first-order valence-corrected chi connectivity index (χ1v) is 9.37. The van der Waals surface area contributed by atoms with Gasteiger partial charge in [0, 0.05) is 12.5 Å². The monoisotopic (exact) mass is 375 g/mol. The van der Waals surface area contributed by atoms with E-state index < -0.39 is 11.7 Å². The molecule has 1 amide bonds. The maximum atomic E-state index is 13.5. The van der Waals surface area contributed by atoms with E-state index in [2.05, 4.69) is 0 Å². The van der Waals surface area contributed by atoms with Crippen LogP contribution in [0.4, 0.5) is 13.2 Å². The van der Waals surface area contributed by atoms with Crippen molar-refractivity contribution in [3.63, 3.8) is 0 Å². The van der Waals surface area contributed by atoms with Crippen molar-refractivity contribution in [2.24, 2.45) is 0 Å². The van der Waals surface area contributed by atoms with E-state index in [9.17, 15) is 18.0 Å². The molecule has 0 heterocycles. The van der Waals surface area contributed by atoms with E-state index >= 15 is 0 Å². The predicted octanol–water partition coefficient (Wildman–Crippen LogP) is 5.56. The van der Waals surface area contributed by atoms with Crippen molar-refractivity contribution in [2.75, 3.05) is 0 Å². The van der Waals surface area contributed by atoms with Gasteiger partial charge in [-0.1, -0.05) is 49.4 Å². The molecule has 1 aliphatic rings. The van der Waals surface area contributed by atoms with Crippen LogP contribution in [0.2, 0.25) is 0 Å². The van der Waals surface area contributed by atoms with Gasteiger partial charge in [0.1, 0.15) is 0 Å². The van der Waals surface area contributed by atoms with Crippen LogP contribution in [-0.4, -0.2) is 16.8 Å². The second-order valence-electron chi connectivity index (χ2n) is 7.08. The van der Waals surface area contributed by atoms with Crippen LogP contribution in [0.1, 0.15) is 55.0 Å². The Balaban J connectivity index is 1.96. The zero-order valence-corrected chi connectivity index (χ0v) is 15.6. The van der Waals surface area contributed by atoms with Crippen molar-refractivity contribution >= 4 is 5.91 Å². The van der Waals surface area contributed by atoms with Crippen molar-refractivity contribution in [3.05, 3.63) is 70.8 Å². The van der Waals surface area contributed by atoms with Crippen molar-refractivity contribution < 1.29 is 18.0 Å². The number of rotatable bonds is 4. The Labute approximate surface area is 158 Å². The molecule has 0 saturated heterocycles. The first-order valence-electron chi connectivity index (χ1n) is 9.37. The van der Waals surface area contributed by atoms with E-state index in [1.165, 1.54) is 6.07 Å². The number of carbonyl (C=O) groups excluding carboxylic acids is 1. The molecule has 1 aliphatic carbocycles. The van der Waals surface area contributed by atoms with Crippen molar-refractivity contribution in [3.8, 4) is 0 Å². The lowest BCUT2D eigenvalue weighted by atomic mass is 9.83. The topological polar surface area (TPSA) is 20.3 Å². The normalized spacial score (nSPS) is 17.9. The van der Waals surface area contributed by atoms with Gasteiger partial charge < -0.3 is 4.90 Å². The SMILES string of the molecule is CCC(=O)N(C1CCc2cccc(C(F)(F)F)c2C1)C(C)c1ccccc1. The predicted molar refractivity (Wildman–Crippen MR) is 99.3 cm³/mol. The molecule has 0 saturated carbocycles. The molecule has 0 bridgehead atoms. The Morgan fingerprint density at radius 1 is 1.15 bits per heavy atom. The Morgan fingerprint density at radius 3 is 2.48 bits per heavy atom. The second-order valence-corrected chi connectivity index (χ2v) is 7.08. The van der Waals surface area contributed by atoms with E-state index in [0.29, 0.717) is 24.8 Å². The van der Waals surface area contributed by atoms with Crippen LogP contribution in [0.15, 0.2) is 48.5 Å². The number of hydrogen-bond donors (Lipinski definition) is 0. The maximum Gasteiger partial charge on any atom is 0.416 e. The van der Waals surface area contributed by atoms with Crippen molar-refractivity contribution in [1.29, 1.82) is 0 Å². The molecule has 144 valence electrons. The molecule has 0 aliphatic heterocycles. The number of fused-ring (bicyclic) bond motifs is 1. The minimum Gasteiger partial charge on any atom is -0.333 e. The summed E-state index contributed by atoms with van der Waals surface area (Å²) in [7, 11) is 0. The van der Waals surface area contributed by atoms with E-state index in [0.717, 1.165) is 17.2 Å². The number of aryl methyl sites for hydroxylation is 1. The van der Waals surface area contributed by atoms with Crippen LogP contribution in [0.3, 0.4) is 0 Å². The summed E-state index contributed by atoms with van der Waals surface area (Å²) < 4.78 is 40.4. The third-order valence-electron chi connectivity index (χ3n) is 5.45. The molecule has 0 radical (unpaired) electrons. The summed E-state index contributed by atoms with van der Waals surface area (Å²) in [5, 5.41) is 0. The number of halogens is 3. The summed E-state index contributed by atoms with van der Waals surface area (Å²) in [4.78, 5) is 14.5. The molecule has 3 rings (SSSR count). The molecule has 0 N–H and O–H groups in total. The Kier molecular flexibility index (Phi) is 5.59. The lowest BCUT2D eigenvalue weighted by Crippen LogP contribution is -2.45. The molecule has 2 atom stereocenters. The molecule has 0 fully saturated rings. The van der Waals surface area contributed by atoms with Crippen LogP contribution in [0.5, 0.6) is 0 Å². The van der Waals surface area contributed by atoms with E-state index in [-0.39, 0.29) is 24.4 Å². The van der Waals surface area contributed by atoms with Crippen LogP contribution in [0, 0.1) is 0 Å². The van der Waals surface area contributed by atoms with E-state index in [1.807, 2.05) is 37.3 Å². The molecule has 0 spiro atoms. The van der Waals surface area contributed by atoms with Crippen LogP contribution < -0.4 is 0 Å². The Bertz CT molecular complexity index is 801. The van der Waals surface area contributed by atoms with Gasteiger partial charge in [-0.05, 0) is 48.9 Å². The maximum absolute atomic E-state index is 13.5. The number of carbonyl (C=O) groups is 1. The lowest BCUT2D eigenvalue weighted by Gasteiger charge is -2.40. The third-order valence-corrected chi connectivity index (χ3v) is 5.45. The fourth-order valence-electron chi connectivity index (χ4n) is 4.08. The summed E-state index contributed by atoms with van der Waals surface area (Å²) in [5.41, 5.74) is 1.52. The Hall–Kier alpha value is -2.30. The van der Waals surface area contributed by atoms with Gasteiger partial charge in [0.15, 0.2) is 0 Å². The van der Waals surface area contributed by atoms with Gasteiger partial charge in [-0.15, -0.1) is 0 Å². The van der Waals surface area contributed by atoms with Crippen LogP contribution in [0.25, 0.3) is 0 Å². The highest BCUT2D eigenvalue weighted by molar-refractivity contribution is 5.77. The number of nitrogens with zero attached hydrogens (tertiary/aromatic N) is 1. The summed E-state index contributed by atoms with van der Waals surface area (Å²) in [6, 6.07) is 13.6. The fourth-order valence-corrected chi connectivity index (χ4v) is 4.08. The highest BCUT2D eigenvalue weighted by Gasteiger charge is 2.38. The molecule has 2 aromatic rings. The smallest absolute Gasteiger partial charge is 0.333 e. The third kappa shape index (κ3) is 4.02. The van der Waals surface area contributed by atoms with E-state index in [1.54, 1.807) is 17.9 Å². The van der Waals surface area contributed by atoms with Crippen LogP contribution in [-0.2, 0) is 23.8 Å². The summed E-state index contributed by atoms with van der Waals surface area (Å²) in [6.07, 6.45) is -2.57. The minimum absolute atomic E-state index is 0.0238. The summed E-state index contributed by atoms with van der Waals surface area (Å²) >= 11 is 0.